The van der Waals surface area contributed by atoms with Crippen LogP contribution < -0.4 is 10.2 Å². The van der Waals surface area contributed by atoms with Crippen LogP contribution >= 0.6 is 27.5 Å². The second-order valence-corrected chi connectivity index (χ2v) is 5.03. The molecule has 100 valence electrons. The van der Waals surface area contributed by atoms with Crippen LogP contribution in [0.2, 0.25) is 5.02 Å². The molecule has 0 unspecified atom stereocenters. The van der Waals surface area contributed by atoms with Gasteiger partial charge in [-0.05, 0) is 33.6 Å². The third-order valence-electron chi connectivity index (χ3n) is 2.39. The van der Waals surface area contributed by atoms with Crippen molar-refractivity contribution in [1.82, 2.24) is 0 Å². The van der Waals surface area contributed by atoms with Gasteiger partial charge in [0, 0.05) is 10.5 Å². The minimum absolute atomic E-state index is 0.0937. The molecular weight excluding hydrogens is 335 g/mol. The van der Waals surface area contributed by atoms with Crippen molar-refractivity contribution in [3.63, 3.8) is 0 Å². The standard InChI is InChI=1S/C13H10BrClO4/c14-10-2-1-8(3-11(10)15)6-19-13-7-18-9(5-16)4-12(13)17/h1-4,7,16H,5-6H2. The van der Waals surface area contributed by atoms with Gasteiger partial charge >= 0.3 is 0 Å². The van der Waals surface area contributed by atoms with Crippen LogP contribution in [0.4, 0.5) is 0 Å². The van der Waals surface area contributed by atoms with E-state index in [0.717, 1.165) is 10.0 Å². The van der Waals surface area contributed by atoms with Crippen molar-refractivity contribution in [2.24, 2.45) is 0 Å². The topological polar surface area (TPSA) is 59.7 Å². The van der Waals surface area contributed by atoms with E-state index in [1.165, 1.54) is 12.3 Å². The summed E-state index contributed by atoms with van der Waals surface area (Å²) < 4.78 is 11.2. The van der Waals surface area contributed by atoms with E-state index in [1.807, 2.05) is 6.07 Å². The van der Waals surface area contributed by atoms with Crippen molar-refractivity contribution >= 4 is 27.5 Å². The number of aliphatic hydroxyl groups excluding tert-OH is 1. The first kappa shape index (κ1) is 14.1. The van der Waals surface area contributed by atoms with E-state index in [9.17, 15) is 4.79 Å². The van der Waals surface area contributed by atoms with Gasteiger partial charge in [-0.25, -0.2) is 0 Å². The van der Waals surface area contributed by atoms with Gasteiger partial charge in [0.1, 0.15) is 25.2 Å². The SMILES string of the molecule is O=c1cc(CO)occ1OCc1ccc(Br)c(Cl)c1. The highest BCUT2D eigenvalue weighted by atomic mass is 79.9. The Bertz CT molecular complexity index is 639. The summed E-state index contributed by atoms with van der Waals surface area (Å²) in [7, 11) is 0. The molecule has 1 heterocycles. The molecule has 2 rings (SSSR count). The van der Waals surface area contributed by atoms with E-state index in [1.54, 1.807) is 12.1 Å². The van der Waals surface area contributed by atoms with Gasteiger partial charge in [-0.15, -0.1) is 0 Å². The van der Waals surface area contributed by atoms with Crippen molar-refractivity contribution < 1.29 is 14.3 Å². The van der Waals surface area contributed by atoms with E-state index in [2.05, 4.69) is 15.9 Å². The lowest BCUT2D eigenvalue weighted by Gasteiger charge is -2.06. The lowest BCUT2D eigenvalue weighted by Crippen LogP contribution is -2.08. The Kier molecular flexibility index (Phi) is 4.63. The van der Waals surface area contributed by atoms with Gasteiger partial charge in [0.15, 0.2) is 0 Å². The lowest BCUT2D eigenvalue weighted by atomic mass is 10.2. The van der Waals surface area contributed by atoms with Crippen LogP contribution in [0.3, 0.4) is 0 Å². The van der Waals surface area contributed by atoms with Gasteiger partial charge in [0.05, 0.1) is 5.02 Å². The van der Waals surface area contributed by atoms with E-state index in [0.29, 0.717) is 5.02 Å². The average Bonchev–Trinajstić information content (AvgIpc) is 2.41. The molecule has 0 bridgehead atoms. The van der Waals surface area contributed by atoms with Crippen LogP contribution in [0.15, 0.2) is 44.2 Å². The summed E-state index contributed by atoms with van der Waals surface area (Å²) in [6.45, 7) is -0.117. The predicted octanol–water partition coefficient (Wildman–Crippen LogP) is 3.13. The number of benzene rings is 1. The van der Waals surface area contributed by atoms with Crippen molar-refractivity contribution in [1.29, 1.82) is 0 Å². The normalized spacial score (nSPS) is 10.5. The molecule has 1 aromatic carbocycles. The van der Waals surface area contributed by atoms with Gasteiger partial charge in [-0.2, -0.15) is 0 Å². The van der Waals surface area contributed by atoms with Gasteiger partial charge in [-0.1, -0.05) is 17.7 Å². The molecule has 0 aliphatic carbocycles. The van der Waals surface area contributed by atoms with Crippen molar-refractivity contribution in [3.05, 3.63) is 61.6 Å². The Morgan fingerprint density at radius 3 is 2.79 bits per heavy atom. The molecule has 0 saturated carbocycles. The fourth-order valence-electron chi connectivity index (χ4n) is 1.42. The largest absolute Gasteiger partial charge is 0.482 e. The molecule has 0 saturated heterocycles. The monoisotopic (exact) mass is 344 g/mol. The number of halogens is 2. The minimum Gasteiger partial charge on any atom is -0.482 e. The highest BCUT2D eigenvalue weighted by molar-refractivity contribution is 9.10. The molecule has 0 aliphatic heterocycles. The molecule has 0 spiro atoms. The maximum atomic E-state index is 11.6. The summed E-state index contributed by atoms with van der Waals surface area (Å²) in [5, 5.41) is 9.40. The molecule has 1 N–H and O–H groups in total. The van der Waals surface area contributed by atoms with Crippen molar-refractivity contribution in [2.75, 3.05) is 0 Å². The van der Waals surface area contributed by atoms with E-state index >= 15 is 0 Å². The third-order valence-corrected chi connectivity index (χ3v) is 3.62. The summed E-state index contributed by atoms with van der Waals surface area (Å²) in [6, 6.07) is 6.58. The molecule has 19 heavy (non-hydrogen) atoms. The second kappa shape index (κ2) is 6.23. The molecule has 4 nitrogen and oxygen atoms in total. The summed E-state index contributed by atoms with van der Waals surface area (Å²) in [6.07, 6.45) is 1.19. The quantitative estimate of drug-likeness (QED) is 0.925. The number of hydrogen-bond acceptors (Lipinski definition) is 4. The van der Waals surface area contributed by atoms with Crippen LogP contribution in [0.1, 0.15) is 11.3 Å². The van der Waals surface area contributed by atoms with Gasteiger partial charge in [0.25, 0.3) is 0 Å². The first-order valence-corrected chi connectivity index (χ1v) is 6.56. The summed E-state index contributed by atoms with van der Waals surface area (Å²) in [5.41, 5.74) is 0.498. The minimum atomic E-state index is -0.335. The van der Waals surface area contributed by atoms with Crippen LogP contribution in [-0.2, 0) is 13.2 Å². The zero-order chi connectivity index (χ0) is 13.8. The van der Waals surface area contributed by atoms with E-state index in [-0.39, 0.29) is 30.2 Å². The molecule has 1 aromatic heterocycles. The number of ether oxygens (including phenoxy) is 1. The van der Waals surface area contributed by atoms with Crippen LogP contribution in [-0.4, -0.2) is 5.11 Å². The molecular formula is C13H10BrClO4. The maximum Gasteiger partial charge on any atom is 0.227 e. The van der Waals surface area contributed by atoms with Gasteiger partial charge in [0.2, 0.25) is 11.2 Å². The molecule has 0 atom stereocenters. The highest BCUT2D eigenvalue weighted by Crippen LogP contribution is 2.23. The fourth-order valence-corrected chi connectivity index (χ4v) is 1.87. The average molecular weight is 346 g/mol. The maximum absolute atomic E-state index is 11.6. The Morgan fingerprint density at radius 1 is 1.37 bits per heavy atom. The zero-order valence-electron chi connectivity index (χ0n) is 9.73. The van der Waals surface area contributed by atoms with Crippen LogP contribution in [0.25, 0.3) is 0 Å². The Balaban J connectivity index is 2.10. The summed E-state index contributed by atoms with van der Waals surface area (Å²) in [4.78, 5) is 11.6. The highest BCUT2D eigenvalue weighted by Gasteiger charge is 2.05. The molecule has 0 amide bonds. The van der Waals surface area contributed by atoms with Crippen molar-refractivity contribution in [3.8, 4) is 5.75 Å². The van der Waals surface area contributed by atoms with Crippen molar-refractivity contribution in [2.45, 2.75) is 13.2 Å². The Morgan fingerprint density at radius 2 is 2.16 bits per heavy atom. The Labute approximate surface area is 122 Å². The molecule has 6 heteroatoms. The first-order chi connectivity index (χ1) is 9.10. The molecule has 0 radical (unpaired) electrons. The van der Waals surface area contributed by atoms with E-state index in [4.69, 9.17) is 25.9 Å². The smallest absolute Gasteiger partial charge is 0.227 e. The molecule has 0 fully saturated rings. The zero-order valence-corrected chi connectivity index (χ0v) is 12.1. The number of rotatable bonds is 4. The molecule has 0 aliphatic rings. The lowest BCUT2D eigenvalue weighted by molar-refractivity contribution is 0.236. The van der Waals surface area contributed by atoms with Crippen LogP contribution in [0, 0.1) is 0 Å². The van der Waals surface area contributed by atoms with Gasteiger partial charge < -0.3 is 14.3 Å². The summed E-state index contributed by atoms with van der Waals surface area (Å²) in [5.74, 6) is 0.292. The fraction of sp³-hybridized carbons (Fsp3) is 0.154. The predicted molar refractivity (Wildman–Crippen MR) is 74.4 cm³/mol. The second-order valence-electron chi connectivity index (χ2n) is 3.77. The summed E-state index contributed by atoms with van der Waals surface area (Å²) >= 11 is 9.25. The van der Waals surface area contributed by atoms with Gasteiger partial charge in [-0.3, -0.25) is 4.79 Å². The number of aliphatic hydroxyl groups is 1. The third kappa shape index (κ3) is 3.59. The van der Waals surface area contributed by atoms with E-state index < -0.39 is 0 Å². The van der Waals surface area contributed by atoms with Crippen LogP contribution in [0.5, 0.6) is 5.75 Å². The number of hydrogen-bond donors (Lipinski definition) is 1. The Hall–Kier alpha value is -1.30. The molecule has 2 aromatic rings. The first-order valence-electron chi connectivity index (χ1n) is 5.39.